The molecule has 0 radical (unpaired) electrons. The number of alkyl halides is 3. The van der Waals surface area contributed by atoms with Gasteiger partial charge in [0.15, 0.2) is 0 Å². The van der Waals surface area contributed by atoms with Crippen molar-refractivity contribution in [1.82, 2.24) is 10.9 Å². The normalized spacial score (nSPS) is 14.0. The Morgan fingerprint density at radius 2 is 1.57 bits per heavy atom. The Bertz CT molecular complexity index is 1560. The molecule has 1 aliphatic heterocycles. The van der Waals surface area contributed by atoms with Crippen LogP contribution in [0.3, 0.4) is 0 Å². The molecule has 0 bridgehead atoms. The first-order valence-corrected chi connectivity index (χ1v) is 13.7. The summed E-state index contributed by atoms with van der Waals surface area (Å²) in [5, 5.41) is 20.3. The van der Waals surface area contributed by atoms with E-state index in [1.807, 2.05) is 24.5 Å². The number of hydrazine groups is 1. The molecular weight excluding hydrogens is 673 g/mol. The number of hydrogen-bond donors (Lipinski definition) is 2. The fourth-order valence-corrected chi connectivity index (χ4v) is 4.53. The molecule has 47 heavy (non-hydrogen) atoms. The minimum atomic E-state index is -4.50. The van der Waals surface area contributed by atoms with Crippen molar-refractivity contribution in [3.05, 3.63) is 115 Å². The van der Waals surface area contributed by atoms with E-state index in [1.165, 1.54) is 27.5 Å². The SMILES string of the molecule is Cc1ccc(C2=CC(C(F)(F)F)NN2c2ccc(N(C)SONC(=O)Oc3cc(CO[N+](=O)[O-])cc(CO[N+](=O)[O-])c3)cc2)cc1.S. The van der Waals surface area contributed by atoms with Crippen LogP contribution >= 0.6 is 25.7 Å². The van der Waals surface area contributed by atoms with Crippen LogP contribution in [0, 0.1) is 27.2 Å². The molecule has 0 aromatic heterocycles. The predicted octanol–water partition coefficient (Wildman–Crippen LogP) is 5.54. The van der Waals surface area contributed by atoms with Crippen molar-refractivity contribution < 1.29 is 46.8 Å². The van der Waals surface area contributed by atoms with Crippen molar-refractivity contribution >= 4 is 48.9 Å². The Balaban J connectivity index is 0.00000600. The van der Waals surface area contributed by atoms with Crippen LogP contribution in [0.1, 0.15) is 22.3 Å². The van der Waals surface area contributed by atoms with Gasteiger partial charge in [0.2, 0.25) is 0 Å². The van der Waals surface area contributed by atoms with Gasteiger partial charge in [-0.15, -0.1) is 20.2 Å². The third kappa shape index (κ3) is 10.6. The smallest absolute Gasteiger partial charge is 0.409 e. The predicted molar refractivity (Wildman–Crippen MR) is 168 cm³/mol. The number of nitrogens with zero attached hydrogens (tertiary/aromatic N) is 4. The molecule has 15 nitrogen and oxygen atoms in total. The summed E-state index contributed by atoms with van der Waals surface area (Å²) < 4.78 is 52.4. The van der Waals surface area contributed by atoms with E-state index < -0.39 is 41.7 Å². The molecule has 0 spiro atoms. The van der Waals surface area contributed by atoms with Crippen LogP contribution in [-0.4, -0.2) is 35.5 Å². The van der Waals surface area contributed by atoms with E-state index in [0.717, 1.165) is 11.6 Å². The van der Waals surface area contributed by atoms with Crippen LogP contribution < -0.4 is 25.0 Å². The molecule has 252 valence electrons. The van der Waals surface area contributed by atoms with Crippen LogP contribution in [0.2, 0.25) is 0 Å². The van der Waals surface area contributed by atoms with Gasteiger partial charge in [-0.05, 0) is 66.1 Å². The molecule has 1 amide bonds. The zero-order chi connectivity index (χ0) is 33.4. The third-order valence-corrected chi connectivity index (χ3v) is 6.78. The highest BCUT2D eigenvalue weighted by atomic mass is 32.2. The summed E-state index contributed by atoms with van der Waals surface area (Å²) in [6.07, 6.45) is -4.48. The number of benzene rings is 3. The lowest BCUT2D eigenvalue weighted by Crippen LogP contribution is -2.44. The molecule has 3 aromatic rings. The summed E-state index contributed by atoms with van der Waals surface area (Å²) in [5.41, 5.74) is 7.77. The molecule has 0 saturated heterocycles. The molecule has 4 rings (SSSR count). The van der Waals surface area contributed by atoms with E-state index in [1.54, 1.807) is 43.4 Å². The number of aryl methyl sites for hydroxylation is 1. The van der Waals surface area contributed by atoms with Crippen molar-refractivity contribution in [3.8, 4) is 5.75 Å². The quantitative estimate of drug-likeness (QED) is 0.0987. The Labute approximate surface area is 276 Å². The Morgan fingerprint density at radius 1 is 1.00 bits per heavy atom. The number of carbonyl (C=O) groups is 1. The maximum absolute atomic E-state index is 13.6. The van der Waals surface area contributed by atoms with Crippen molar-refractivity contribution in [1.29, 1.82) is 0 Å². The largest absolute Gasteiger partial charge is 0.437 e. The molecule has 0 aliphatic carbocycles. The van der Waals surface area contributed by atoms with Gasteiger partial charge in [0, 0.05) is 12.7 Å². The lowest BCUT2D eigenvalue weighted by atomic mass is 10.1. The first-order chi connectivity index (χ1) is 21.8. The number of hydroxylamine groups is 1. The van der Waals surface area contributed by atoms with E-state index in [0.29, 0.717) is 34.9 Å². The zero-order valence-electron chi connectivity index (χ0n) is 24.4. The molecule has 1 atom stereocenters. The molecule has 3 aromatic carbocycles. The number of carbonyl (C=O) groups excluding carboxylic acids is 1. The molecular formula is C27H27F3N6O9S2. The summed E-state index contributed by atoms with van der Waals surface area (Å²) in [6, 6.07) is 15.5. The fourth-order valence-electron chi connectivity index (χ4n) is 4.11. The van der Waals surface area contributed by atoms with Crippen LogP contribution in [0.15, 0.2) is 72.8 Å². The van der Waals surface area contributed by atoms with Crippen LogP contribution in [0.4, 0.5) is 29.3 Å². The van der Waals surface area contributed by atoms with Gasteiger partial charge < -0.3 is 14.4 Å². The van der Waals surface area contributed by atoms with E-state index in [4.69, 9.17) is 9.02 Å². The van der Waals surface area contributed by atoms with Crippen molar-refractivity contribution in [3.63, 3.8) is 0 Å². The molecule has 0 fully saturated rings. The number of hydrogen-bond acceptors (Lipinski definition) is 13. The van der Waals surface area contributed by atoms with E-state index in [2.05, 4.69) is 15.1 Å². The van der Waals surface area contributed by atoms with Gasteiger partial charge in [-0.1, -0.05) is 35.9 Å². The standard InChI is InChI=1S/C27H25F3N6O9S.H2S/c1-17-3-5-20(6-4-17)24-14-25(27(28,29)30)31-34(24)22-9-7-21(8-10-22)33(2)46-45-32-26(37)44-23-12-18(15-42-35(38)39)11-19(13-23)16-43-36(40)41;/h3-14,25,31H,15-16H2,1-2H3,(H,32,37);1H2. The number of anilines is 2. The van der Waals surface area contributed by atoms with E-state index >= 15 is 0 Å². The second-order valence-corrected chi connectivity index (χ2v) is 10.4. The number of ether oxygens (including phenoxy) is 1. The minimum Gasteiger partial charge on any atom is -0.409 e. The van der Waals surface area contributed by atoms with Crippen molar-refractivity contribution in [2.45, 2.75) is 32.4 Å². The van der Waals surface area contributed by atoms with E-state index in [9.17, 15) is 38.2 Å². The maximum atomic E-state index is 13.6. The third-order valence-electron chi connectivity index (χ3n) is 6.19. The molecule has 20 heteroatoms. The fraction of sp³-hybridized carbons (Fsp3) is 0.222. The Hall–Kier alpha value is -4.92. The topological polar surface area (TPSA) is 171 Å². The molecule has 0 saturated carbocycles. The summed E-state index contributed by atoms with van der Waals surface area (Å²) >= 11 is 0.680. The van der Waals surface area contributed by atoms with Crippen LogP contribution in [-0.2, 0) is 27.2 Å². The minimum absolute atomic E-state index is 0. The maximum Gasteiger partial charge on any atom is 0.437 e. The lowest BCUT2D eigenvalue weighted by molar-refractivity contribution is -0.763. The molecule has 1 heterocycles. The van der Waals surface area contributed by atoms with Gasteiger partial charge in [-0.2, -0.15) is 36.4 Å². The van der Waals surface area contributed by atoms with Gasteiger partial charge in [0.05, 0.1) is 11.4 Å². The van der Waals surface area contributed by atoms with Gasteiger partial charge in [-0.3, -0.25) is 9.31 Å². The van der Waals surface area contributed by atoms with Crippen molar-refractivity contribution in [2.75, 3.05) is 16.4 Å². The van der Waals surface area contributed by atoms with Gasteiger partial charge in [-0.25, -0.2) is 10.2 Å². The average Bonchev–Trinajstić information content (AvgIpc) is 3.46. The Kier molecular flexibility index (Phi) is 12.5. The first-order valence-electron chi connectivity index (χ1n) is 13.0. The van der Waals surface area contributed by atoms with Crippen LogP contribution in [0.5, 0.6) is 5.75 Å². The van der Waals surface area contributed by atoms with Crippen LogP contribution in [0.25, 0.3) is 5.70 Å². The second-order valence-electron chi connectivity index (χ2n) is 9.54. The highest BCUT2D eigenvalue weighted by molar-refractivity contribution is 7.96. The summed E-state index contributed by atoms with van der Waals surface area (Å²) in [6.45, 7) is 0.839. The second kappa shape index (κ2) is 16.1. The highest BCUT2D eigenvalue weighted by Crippen LogP contribution is 2.35. The number of halogens is 3. The van der Waals surface area contributed by atoms with Gasteiger partial charge in [0.25, 0.3) is 10.2 Å². The summed E-state index contributed by atoms with van der Waals surface area (Å²) in [4.78, 5) is 41.9. The molecule has 2 N–H and O–H groups in total. The summed E-state index contributed by atoms with van der Waals surface area (Å²) in [5.74, 6) is -0.135. The number of rotatable bonds is 13. The summed E-state index contributed by atoms with van der Waals surface area (Å²) in [7, 11) is 1.60. The molecule has 1 unspecified atom stereocenters. The first kappa shape index (κ1) is 36.5. The highest BCUT2D eigenvalue weighted by Gasteiger charge is 2.43. The van der Waals surface area contributed by atoms with Crippen molar-refractivity contribution in [2.24, 2.45) is 0 Å². The monoisotopic (exact) mass is 700 g/mol. The Morgan fingerprint density at radius 3 is 2.11 bits per heavy atom. The lowest BCUT2D eigenvalue weighted by Gasteiger charge is -2.26. The number of nitrogens with one attached hydrogen (secondary N) is 2. The number of amides is 1. The molecule has 1 aliphatic rings. The average molecular weight is 701 g/mol. The van der Waals surface area contributed by atoms with Gasteiger partial charge in [0.1, 0.15) is 37.2 Å². The zero-order valence-corrected chi connectivity index (χ0v) is 26.2. The van der Waals surface area contributed by atoms with Gasteiger partial charge >= 0.3 is 12.3 Å². The van der Waals surface area contributed by atoms with E-state index in [-0.39, 0.29) is 30.4 Å².